The van der Waals surface area contributed by atoms with E-state index in [2.05, 4.69) is 5.32 Å². The van der Waals surface area contributed by atoms with Crippen molar-refractivity contribution in [2.45, 2.75) is 13.3 Å². The van der Waals surface area contributed by atoms with Gasteiger partial charge in [0.1, 0.15) is 11.6 Å². The lowest BCUT2D eigenvalue weighted by atomic mass is 10.1. The highest BCUT2D eigenvalue weighted by atomic mass is 19.1. The Labute approximate surface area is 122 Å². The summed E-state index contributed by atoms with van der Waals surface area (Å²) in [6.45, 7) is 2.66. The number of hydrogen-bond donors (Lipinski definition) is 2. The molecule has 5 heteroatoms. The first-order valence-corrected chi connectivity index (χ1v) is 6.69. The predicted octanol–water partition coefficient (Wildman–Crippen LogP) is 3.45. The third-order valence-corrected chi connectivity index (χ3v) is 2.82. The van der Waals surface area contributed by atoms with Gasteiger partial charge in [0.15, 0.2) is 0 Å². The number of halogens is 1. The van der Waals surface area contributed by atoms with Crippen LogP contribution >= 0.6 is 0 Å². The molecule has 1 amide bonds. The van der Waals surface area contributed by atoms with Crippen LogP contribution in [-0.4, -0.2) is 12.5 Å². The normalized spacial score (nSPS) is 10.2. The van der Waals surface area contributed by atoms with Crippen molar-refractivity contribution in [2.24, 2.45) is 0 Å². The van der Waals surface area contributed by atoms with E-state index in [0.29, 0.717) is 12.3 Å². The minimum atomic E-state index is -0.643. The van der Waals surface area contributed by atoms with Crippen molar-refractivity contribution >= 4 is 17.3 Å². The topological polar surface area (TPSA) is 64.3 Å². The number of nitrogens with two attached hydrogens (primary N) is 1. The molecule has 0 aliphatic carbocycles. The Balaban J connectivity index is 2.05. The molecule has 0 heterocycles. The van der Waals surface area contributed by atoms with E-state index in [1.54, 1.807) is 24.3 Å². The average Bonchev–Trinajstić information content (AvgIpc) is 2.46. The SMILES string of the molecule is CCCOc1ccc(NC(=O)c2ccc(N)cc2F)cc1. The van der Waals surface area contributed by atoms with Crippen LogP contribution in [0.1, 0.15) is 23.7 Å². The summed E-state index contributed by atoms with van der Waals surface area (Å²) in [5.41, 5.74) is 6.25. The Hall–Kier alpha value is -2.56. The molecule has 2 rings (SSSR count). The van der Waals surface area contributed by atoms with Gasteiger partial charge in [-0.05, 0) is 48.9 Å². The maximum Gasteiger partial charge on any atom is 0.258 e. The molecule has 0 radical (unpaired) electrons. The number of benzene rings is 2. The number of rotatable bonds is 5. The largest absolute Gasteiger partial charge is 0.494 e. The predicted molar refractivity (Wildman–Crippen MR) is 81.0 cm³/mol. The van der Waals surface area contributed by atoms with E-state index < -0.39 is 11.7 Å². The molecule has 0 aromatic heterocycles. The van der Waals surface area contributed by atoms with Gasteiger partial charge in [-0.1, -0.05) is 6.92 Å². The van der Waals surface area contributed by atoms with E-state index in [9.17, 15) is 9.18 Å². The first-order chi connectivity index (χ1) is 10.1. The summed E-state index contributed by atoms with van der Waals surface area (Å²) >= 11 is 0. The van der Waals surface area contributed by atoms with Crippen molar-refractivity contribution in [3.63, 3.8) is 0 Å². The number of hydrogen-bond acceptors (Lipinski definition) is 3. The van der Waals surface area contributed by atoms with Gasteiger partial charge in [-0.25, -0.2) is 4.39 Å². The van der Waals surface area contributed by atoms with Gasteiger partial charge in [0.2, 0.25) is 0 Å². The molecule has 0 spiro atoms. The maximum absolute atomic E-state index is 13.6. The molecule has 0 aliphatic heterocycles. The maximum atomic E-state index is 13.6. The fourth-order valence-corrected chi connectivity index (χ4v) is 1.77. The summed E-state index contributed by atoms with van der Waals surface area (Å²) in [7, 11) is 0. The highest BCUT2D eigenvalue weighted by Crippen LogP contribution is 2.18. The van der Waals surface area contributed by atoms with Gasteiger partial charge in [-0.15, -0.1) is 0 Å². The molecule has 0 bridgehead atoms. The smallest absolute Gasteiger partial charge is 0.258 e. The molecule has 0 atom stereocenters. The minimum absolute atomic E-state index is 0.0458. The lowest BCUT2D eigenvalue weighted by molar-refractivity contribution is 0.102. The van der Waals surface area contributed by atoms with E-state index in [4.69, 9.17) is 10.5 Å². The van der Waals surface area contributed by atoms with Crippen molar-refractivity contribution in [1.29, 1.82) is 0 Å². The number of anilines is 2. The van der Waals surface area contributed by atoms with Gasteiger partial charge >= 0.3 is 0 Å². The number of ether oxygens (including phenoxy) is 1. The van der Waals surface area contributed by atoms with E-state index in [1.165, 1.54) is 12.1 Å². The summed E-state index contributed by atoms with van der Waals surface area (Å²) in [4.78, 5) is 12.0. The number of carbonyl (C=O) groups excluding carboxylic acids is 1. The number of nitrogen functional groups attached to an aromatic ring is 1. The Morgan fingerprint density at radius 2 is 1.95 bits per heavy atom. The zero-order chi connectivity index (χ0) is 15.2. The Morgan fingerprint density at radius 1 is 1.24 bits per heavy atom. The zero-order valence-corrected chi connectivity index (χ0v) is 11.7. The highest BCUT2D eigenvalue weighted by molar-refractivity contribution is 6.04. The van der Waals surface area contributed by atoms with Gasteiger partial charge < -0.3 is 15.8 Å². The summed E-state index contributed by atoms with van der Waals surface area (Å²) in [6.07, 6.45) is 0.925. The van der Waals surface area contributed by atoms with Crippen molar-refractivity contribution in [3.8, 4) is 5.75 Å². The van der Waals surface area contributed by atoms with Gasteiger partial charge in [0.25, 0.3) is 5.91 Å². The third-order valence-electron chi connectivity index (χ3n) is 2.82. The van der Waals surface area contributed by atoms with Crippen LogP contribution in [0.4, 0.5) is 15.8 Å². The Kier molecular flexibility index (Phi) is 4.77. The molecule has 21 heavy (non-hydrogen) atoms. The van der Waals surface area contributed by atoms with Crippen LogP contribution < -0.4 is 15.8 Å². The lowest BCUT2D eigenvalue weighted by Crippen LogP contribution is -2.13. The molecule has 3 N–H and O–H groups in total. The number of carbonyl (C=O) groups is 1. The molecule has 2 aromatic carbocycles. The standard InChI is InChI=1S/C16H17FN2O2/c1-2-9-21-13-6-4-12(5-7-13)19-16(20)14-8-3-11(18)10-15(14)17/h3-8,10H,2,9,18H2,1H3,(H,19,20). The fourth-order valence-electron chi connectivity index (χ4n) is 1.77. The molecule has 0 saturated heterocycles. The summed E-state index contributed by atoms with van der Waals surface area (Å²) < 4.78 is 19.1. The first kappa shape index (κ1) is 14.8. The quantitative estimate of drug-likeness (QED) is 0.828. The first-order valence-electron chi connectivity index (χ1n) is 6.69. The average molecular weight is 288 g/mol. The summed E-state index contributed by atoms with van der Waals surface area (Å²) in [6, 6.07) is 10.9. The van der Waals surface area contributed by atoms with Crippen LogP contribution in [0.3, 0.4) is 0 Å². The molecule has 0 fully saturated rings. The van der Waals surface area contributed by atoms with Crippen LogP contribution in [0, 0.1) is 5.82 Å². The van der Waals surface area contributed by atoms with E-state index in [0.717, 1.165) is 18.2 Å². The monoisotopic (exact) mass is 288 g/mol. The highest BCUT2D eigenvalue weighted by Gasteiger charge is 2.12. The second-order valence-electron chi connectivity index (χ2n) is 4.57. The van der Waals surface area contributed by atoms with Crippen molar-refractivity contribution in [1.82, 2.24) is 0 Å². The fraction of sp³-hybridized carbons (Fsp3) is 0.188. The molecular weight excluding hydrogens is 271 g/mol. The second kappa shape index (κ2) is 6.74. The van der Waals surface area contributed by atoms with Crippen molar-refractivity contribution < 1.29 is 13.9 Å². The van der Waals surface area contributed by atoms with E-state index >= 15 is 0 Å². The lowest BCUT2D eigenvalue weighted by Gasteiger charge is -2.08. The molecule has 0 aliphatic rings. The summed E-state index contributed by atoms with van der Waals surface area (Å²) in [5.74, 6) is -0.432. The van der Waals surface area contributed by atoms with Crippen molar-refractivity contribution in [3.05, 3.63) is 53.8 Å². The third kappa shape index (κ3) is 3.95. The van der Waals surface area contributed by atoms with Gasteiger partial charge in [0.05, 0.1) is 12.2 Å². The van der Waals surface area contributed by atoms with E-state index in [-0.39, 0.29) is 11.3 Å². The van der Waals surface area contributed by atoms with Gasteiger partial charge in [-0.3, -0.25) is 4.79 Å². The Morgan fingerprint density at radius 3 is 2.57 bits per heavy atom. The van der Waals surface area contributed by atoms with Crippen LogP contribution in [0.15, 0.2) is 42.5 Å². The molecule has 0 unspecified atom stereocenters. The molecule has 110 valence electrons. The number of amides is 1. The van der Waals surface area contributed by atoms with Crippen LogP contribution in [0.5, 0.6) is 5.75 Å². The van der Waals surface area contributed by atoms with Crippen LogP contribution in [0.2, 0.25) is 0 Å². The van der Waals surface area contributed by atoms with Crippen LogP contribution in [0.25, 0.3) is 0 Å². The Bertz CT molecular complexity index is 627. The minimum Gasteiger partial charge on any atom is -0.494 e. The van der Waals surface area contributed by atoms with Crippen LogP contribution in [-0.2, 0) is 0 Å². The van der Waals surface area contributed by atoms with Gasteiger partial charge in [0, 0.05) is 11.4 Å². The zero-order valence-electron chi connectivity index (χ0n) is 11.7. The molecule has 4 nitrogen and oxygen atoms in total. The summed E-state index contributed by atoms with van der Waals surface area (Å²) in [5, 5.41) is 2.63. The second-order valence-corrected chi connectivity index (χ2v) is 4.57. The van der Waals surface area contributed by atoms with Crippen molar-refractivity contribution in [2.75, 3.05) is 17.7 Å². The van der Waals surface area contributed by atoms with Gasteiger partial charge in [-0.2, -0.15) is 0 Å². The molecule has 2 aromatic rings. The van der Waals surface area contributed by atoms with E-state index in [1.807, 2.05) is 6.92 Å². The molecular formula is C16H17FN2O2. The number of nitrogens with one attached hydrogen (secondary N) is 1. The molecule has 0 saturated carbocycles.